The van der Waals surface area contributed by atoms with E-state index in [9.17, 15) is 0 Å². The number of aromatic nitrogens is 5. The molecule has 0 spiro atoms. The van der Waals surface area contributed by atoms with E-state index in [2.05, 4.69) is 205 Å². The zero-order valence-corrected chi connectivity index (χ0v) is 33.1. The molecule has 0 fully saturated rings. The van der Waals surface area contributed by atoms with Crippen LogP contribution in [-0.2, 0) is 0 Å². The molecule has 0 radical (unpaired) electrons. The van der Waals surface area contributed by atoms with E-state index in [1.807, 2.05) is 24.3 Å². The Balaban J connectivity index is 1.05. The van der Waals surface area contributed by atoms with Gasteiger partial charge in [-0.1, -0.05) is 206 Å². The Bertz CT molecular complexity index is 3190. The molecule has 11 aromatic rings. The smallest absolute Gasteiger partial charge is 0.164 e. The second kappa shape index (κ2) is 15.5. The zero-order valence-electron chi connectivity index (χ0n) is 33.1. The summed E-state index contributed by atoms with van der Waals surface area (Å²) < 4.78 is 2.10. The number of fused-ring (bicyclic) bond motifs is 3. The van der Waals surface area contributed by atoms with Gasteiger partial charge in [0.2, 0.25) is 0 Å². The summed E-state index contributed by atoms with van der Waals surface area (Å²) in [5.41, 5.74) is 13.6. The maximum Gasteiger partial charge on any atom is 0.164 e. The van der Waals surface area contributed by atoms with E-state index in [4.69, 9.17) is 20.1 Å². The molecule has 0 aliphatic heterocycles. The number of rotatable bonds is 8. The normalized spacial score (nSPS) is 11.3. The molecule has 0 saturated heterocycles. The Morgan fingerprint density at radius 2 is 0.689 bits per heavy atom. The van der Waals surface area contributed by atoms with Crippen LogP contribution >= 0.6 is 0 Å². The molecule has 0 N–H and O–H groups in total. The van der Waals surface area contributed by atoms with Gasteiger partial charge in [0.15, 0.2) is 17.5 Å². The SMILES string of the molecule is c1ccc(-c2ccc(-c3nc(-c4ccc(-c5ccccc5)cc4)nc(-c4ccc(-c5cc6ccccc6c6c5c(-c5ccccc5)nn6-c5ccccc5)cc4)n3)cc2)cc1. The molecule has 2 aromatic heterocycles. The molecule has 0 atom stereocenters. The molecule has 0 aliphatic carbocycles. The summed E-state index contributed by atoms with van der Waals surface area (Å²) in [5.74, 6) is 1.84. The molecular formula is C56H37N5. The summed E-state index contributed by atoms with van der Waals surface area (Å²) in [4.78, 5) is 15.3. The minimum atomic E-state index is 0.608. The third-order valence-corrected chi connectivity index (χ3v) is 11.3. The highest BCUT2D eigenvalue weighted by molar-refractivity contribution is 6.17. The van der Waals surface area contributed by atoms with E-state index in [0.717, 1.165) is 88.7 Å². The summed E-state index contributed by atoms with van der Waals surface area (Å²) in [7, 11) is 0. The van der Waals surface area contributed by atoms with E-state index in [1.54, 1.807) is 0 Å². The van der Waals surface area contributed by atoms with Crippen molar-refractivity contribution in [2.45, 2.75) is 0 Å². The molecule has 0 amide bonds. The van der Waals surface area contributed by atoms with Crippen LogP contribution in [0.3, 0.4) is 0 Å². The first-order chi connectivity index (χ1) is 30.2. The molecule has 0 bridgehead atoms. The van der Waals surface area contributed by atoms with Crippen molar-refractivity contribution in [2.75, 3.05) is 0 Å². The van der Waals surface area contributed by atoms with Crippen molar-refractivity contribution < 1.29 is 0 Å². The number of benzene rings is 9. The molecule has 5 nitrogen and oxygen atoms in total. The van der Waals surface area contributed by atoms with Crippen LogP contribution in [0.5, 0.6) is 0 Å². The largest absolute Gasteiger partial charge is 0.232 e. The summed E-state index contributed by atoms with van der Waals surface area (Å²) >= 11 is 0. The van der Waals surface area contributed by atoms with Crippen molar-refractivity contribution in [1.29, 1.82) is 0 Å². The van der Waals surface area contributed by atoms with Crippen LogP contribution in [0.15, 0.2) is 224 Å². The summed E-state index contributed by atoms with van der Waals surface area (Å²) in [6.07, 6.45) is 0. The first kappa shape index (κ1) is 35.8. The lowest BCUT2D eigenvalue weighted by Gasteiger charge is -2.12. The molecule has 9 aromatic carbocycles. The molecule has 0 saturated carbocycles. The first-order valence-electron chi connectivity index (χ1n) is 20.5. The van der Waals surface area contributed by atoms with Crippen molar-refractivity contribution >= 4 is 21.7 Å². The number of hydrogen-bond acceptors (Lipinski definition) is 4. The van der Waals surface area contributed by atoms with Crippen LogP contribution < -0.4 is 0 Å². The van der Waals surface area contributed by atoms with Gasteiger partial charge in [-0.05, 0) is 57.0 Å². The highest BCUT2D eigenvalue weighted by Crippen LogP contribution is 2.42. The van der Waals surface area contributed by atoms with Crippen LogP contribution in [0.2, 0.25) is 0 Å². The predicted molar refractivity (Wildman–Crippen MR) is 250 cm³/mol. The van der Waals surface area contributed by atoms with E-state index >= 15 is 0 Å². The maximum absolute atomic E-state index is 5.34. The average Bonchev–Trinajstić information content (AvgIpc) is 3.76. The van der Waals surface area contributed by atoms with Crippen molar-refractivity contribution in [3.8, 4) is 84.5 Å². The summed E-state index contributed by atoms with van der Waals surface area (Å²) in [6, 6.07) is 78.1. The molecule has 5 heteroatoms. The Hall–Kier alpha value is -8.28. The van der Waals surface area contributed by atoms with Gasteiger partial charge in [-0.15, -0.1) is 0 Å². The Kier molecular flexibility index (Phi) is 9.10. The van der Waals surface area contributed by atoms with Gasteiger partial charge in [-0.2, -0.15) is 5.10 Å². The fraction of sp³-hybridized carbons (Fsp3) is 0. The fourth-order valence-electron chi connectivity index (χ4n) is 8.22. The van der Waals surface area contributed by atoms with Gasteiger partial charge >= 0.3 is 0 Å². The van der Waals surface area contributed by atoms with Crippen LogP contribution in [-0.4, -0.2) is 24.7 Å². The van der Waals surface area contributed by atoms with Crippen LogP contribution in [0.1, 0.15) is 0 Å². The lowest BCUT2D eigenvalue weighted by Crippen LogP contribution is -2.00. The molecular weight excluding hydrogens is 743 g/mol. The van der Waals surface area contributed by atoms with E-state index in [1.165, 1.54) is 0 Å². The highest BCUT2D eigenvalue weighted by atomic mass is 15.3. The number of para-hydroxylation sites is 1. The first-order valence-corrected chi connectivity index (χ1v) is 20.5. The monoisotopic (exact) mass is 779 g/mol. The van der Waals surface area contributed by atoms with Crippen LogP contribution in [0.25, 0.3) is 106 Å². The van der Waals surface area contributed by atoms with Gasteiger partial charge in [-0.3, -0.25) is 0 Å². The van der Waals surface area contributed by atoms with E-state index < -0.39 is 0 Å². The van der Waals surface area contributed by atoms with E-state index in [0.29, 0.717) is 17.5 Å². The third-order valence-electron chi connectivity index (χ3n) is 11.3. The summed E-state index contributed by atoms with van der Waals surface area (Å²) in [5, 5.41) is 8.74. The second-order valence-electron chi connectivity index (χ2n) is 15.1. The van der Waals surface area contributed by atoms with Gasteiger partial charge in [0, 0.05) is 33.0 Å². The Morgan fingerprint density at radius 3 is 1.18 bits per heavy atom. The zero-order chi connectivity index (χ0) is 40.5. The van der Waals surface area contributed by atoms with Crippen LogP contribution in [0, 0.1) is 0 Å². The van der Waals surface area contributed by atoms with Crippen molar-refractivity contribution in [1.82, 2.24) is 24.7 Å². The topological polar surface area (TPSA) is 56.5 Å². The van der Waals surface area contributed by atoms with Crippen molar-refractivity contribution in [2.24, 2.45) is 0 Å². The van der Waals surface area contributed by atoms with Gasteiger partial charge < -0.3 is 0 Å². The molecule has 0 aliphatic rings. The molecule has 2 heterocycles. The van der Waals surface area contributed by atoms with Gasteiger partial charge in [0.25, 0.3) is 0 Å². The minimum Gasteiger partial charge on any atom is -0.232 e. The lowest BCUT2D eigenvalue weighted by atomic mass is 9.93. The molecule has 11 rings (SSSR count). The lowest BCUT2D eigenvalue weighted by molar-refractivity contribution is 0.918. The van der Waals surface area contributed by atoms with Crippen molar-refractivity contribution in [3.05, 3.63) is 224 Å². The molecule has 0 unspecified atom stereocenters. The number of hydrogen-bond donors (Lipinski definition) is 0. The summed E-state index contributed by atoms with van der Waals surface area (Å²) in [6.45, 7) is 0. The highest BCUT2D eigenvalue weighted by Gasteiger charge is 2.21. The third kappa shape index (κ3) is 6.84. The quantitative estimate of drug-likeness (QED) is 0.154. The standard InChI is InChI=1S/C56H37N5/c1-5-15-38(16-6-1)40-25-31-44(32-26-40)54-57-55(45-33-27-41(28-34-45)39-17-7-2-8-18-39)59-56(58-54)46-35-29-42(30-36-46)50-37-47-21-13-14-24-49(47)53-51(50)52(43-19-9-3-10-20-43)60-61(53)48-22-11-4-12-23-48/h1-37H. The predicted octanol–water partition coefficient (Wildman–Crippen LogP) is 14.0. The minimum absolute atomic E-state index is 0.608. The van der Waals surface area contributed by atoms with E-state index in [-0.39, 0.29) is 0 Å². The Labute approximate surface area is 354 Å². The maximum atomic E-state index is 5.34. The average molecular weight is 780 g/mol. The Morgan fingerprint density at radius 1 is 0.311 bits per heavy atom. The van der Waals surface area contributed by atoms with Crippen LogP contribution in [0.4, 0.5) is 0 Å². The molecule has 61 heavy (non-hydrogen) atoms. The fourth-order valence-corrected chi connectivity index (χ4v) is 8.22. The molecule has 286 valence electrons. The van der Waals surface area contributed by atoms with Gasteiger partial charge in [-0.25, -0.2) is 19.6 Å². The number of nitrogens with zero attached hydrogens (tertiary/aromatic N) is 5. The van der Waals surface area contributed by atoms with Gasteiger partial charge in [0.1, 0.15) is 5.69 Å². The second-order valence-corrected chi connectivity index (χ2v) is 15.1. The van der Waals surface area contributed by atoms with Crippen molar-refractivity contribution in [3.63, 3.8) is 0 Å². The van der Waals surface area contributed by atoms with Gasteiger partial charge in [0.05, 0.1) is 11.2 Å².